The zero-order valence-electron chi connectivity index (χ0n) is 12.4. The van der Waals surface area contributed by atoms with Gasteiger partial charge in [-0.05, 0) is 12.8 Å². The SMILES string of the molecule is Cc1nccn1CC(C)CNC(=O)c1ncnc2nc[nH]c12. The number of fused-ring (bicyclic) bond motifs is 1. The van der Waals surface area contributed by atoms with E-state index >= 15 is 0 Å². The predicted octanol–water partition coefficient (Wildman–Crippen LogP) is 0.924. The number of amides is 1. The molecule has 0 fully saturated rings. The summed E-state index contributed by atoms with van der Waals surface area (Å²) in [6.45, 7) is 5.39. The minimum absolute atomic E-state index is 0.231. The van der Waals surface area contributed by atoms with Crippen LogP contribution in [0.15, 0.2) is 25.0 Å². The van der Waals surface area contributed by atoms with E-state index in [0.29, 0.717) is 23.4 Å². The van der Waals surface area contributed by atoms with Crippen LogP contribution in [0.3, 0.4) is 0 Å². The summed E-state index contributed by atoms with van der Waals surface area (Å²) in [5.41, 5.74) is 1.36. The van der Waals surface area contributed by atoms with Crippen LogP contribution >= 0.6 is 0 Å². The molecule has 0 bridgehead atoms. The fourth-order valence-electron chi connectivity index (χ4n) is 2.28. The number of carbonyl (C=O) groups is 1. The number of imidazole rings is 2. The second-order valence-electron chi connectivity index (χ2n) is 5.27. The van der Waals surface area contributed by atoms with Gasteiger partial charge in [0.15, 0.2) is 11.3 Å². The molecule has 1 atom stereocenters. The molecule has 0 saturated heterocycles. The summed E-state index contributed by atoms with van der Waals surface area (Å²) < 4.78 is 2.06. The molecule has 0 aromatic carbocycles. The molecule has 0 aliphatic heterocycles. The molecular weight excluding hydrogens is 282 g/mol. The molecule has 0 aliphatic rings. The molecule has 8 heteroatoms. The molecule has 114 valence electrons. The van der Waals surface area contributed by atoms with E-state index in [9.17, 15) is 4.79 Å². The zero-order valence-corrected chi connectivity index (χ0v) is 12.4. The van der Waals surface area contributed by atoms with Crippen molar-refractivity contribution >= 4 is 17.1 Å². The predicted molar refractivity (Wildman–Crippen MR) is 80.1 cm³/mol. The molecule has 3 rings (SSSR count). The molecule has 0 spiro atoms. The van der Waals surface area contributed by atoms with Crippen molar-refractivity contribution in [2.75, 3.05) is 6.54 Å². The topological polar surface area (TPSA) is 101 Å². The van der Waals surface area contributed by atoms with E-state index in [1.807, 2.05) is 13.1 Å². The second kappa shape index (κ2) is 5.92. The van der Waals surface area contributed by atoms with Crippen molar-refractivity contribution in [1.82, 2.24) is 34.8 Å². The molecule has 1 amide bonds. The molecule has 2 N–H and O–H groups in total. The summed E-state index contributed by atoms with van der Waals surface area (Å²) >= 11 is 0. The van der Waals surface area contributed by atoms with Gasteiger partial charge < -0.3 is 14.9 Å². The molecule has 1 unspecified atom stereocenters. The van der Waals surface area contributed by atoms with E-state index in [2.05, 4.69) is 41.7 Å². The van der Waals surface area contributed by atoms with E-state index in [4.69, 9.17) is 0 Å². The quantitative estimate of drug-likeness (QED) is 0.729. The summed E-state index contributed by atoms with van der Waals surface area (Å²) in [4.78, 5) is 31.4. The van der Waals surface area contributed by atoms with Crippen molar-refractivity contribution in [2.45, 2.75) is 20.4 Å². The van der Waals surface area contributed by atoms with Crippen molar-refractivity contribution < 1.29 is 4.79 Å². The number of carbonyl (C=O) groups excluding carboxylic acids is 1. The Morgan fingerprint density at radius 3 is 3.00 bits per heavy atom. The lowest BCUT2D eigenvalue weighted by molar-refractivity contribution is 0.0943. The molecule has 0 radical (unpaired) electrons. The Kier molecular flexibility index (Phi) is 3.82. The maximum Gasteiger partial charge on any atom is 0.272 e. The lowest BCUT2D eigenvalue weighted by Crippen LogP contribution is -2.30. The van der Waals surface area contributed by atoms with E-state index in [0.717, 1.165) is 12.4 Å². The number of aromatic amines is 1. The lowest BCUT2D eigenvalue weighted by Gasteiger charge is -2.14. The highest BCUT2D eigenvalue weighted by Gasteiger charge is 2.15. The van der Waals surface area contributed by atoms with Gasteiger partial charge in [0.1, 0.15) is 17.7 Å². The average molecular weight is 299 g/mol. The maximum atomic E-state index is 12.3. The number of aromatic nitrogens is 6. The molecule has 0 aliphatic carbocycles. The third-order valence-electron chi connectivity index (χ3n) is 3.48. The van der Waals surface area contributed by atoms with Gasteiger partial charge in [0.25, 0.3) is 5.91 Å². The Bertz CT molecular complexity index is 791. The van der Waals surface area contributed by atoms with Crippen molar-refractivity contribution in [3.05, 3.63) is 36.6 Å². The van der Waals surface area contributed by atoms with Crippen molar-refractivity contribution in [3.63, 3.8) is 0 Å². The van der Waals surface area contributed by atoms with Crippen LogP contribution in [0.2, 0.25) is 0 Å². The van der Waals surface area contributed by atoms with Gasteiger partial charge in [-0.25, -0.2) is 19.9 Å². The van der Waals surface area contributed by atoms with Crippen LogP contribution in [-0.4, -0.2) is 41.9 Å². The molecular formula is C14H17N7O. The maximum absolute atomic E-state index is 12.3. The first-order valence-electron chi connectivity index (χ1n) is 7.05. The Balaban J connectivity index is 1.62. The van der Waals surface area contributed by atoms with Gasteiger partial charge in [-0.3, -0.25) is 4.79 Å². The lowest BCUT2D eigenvalue weighted by atomic mass is 10.1. The van der Waals surface area contributed by atoms with Crippen LogP contribution in [0.25, 0.3) is 11.2 Å². The molecule has 3 heterocycles. The number of rotatable bonds is 5. The molecule has 3 aromatic heterocycles. The summed E-state index contributed by atoms with van der Waals surface area (Å²) in [7, 11) is 0. The second-order valence-corrected chi connectivity index (χ2v) is 5.27. The van der Waals surface area contributed by atoms with Gasteiger partial charge in [0.2, 0.25) is 0 Å². The van der Waals surface area contributed by atoms with E-state index in [1.54, 1.807) is 6.20 Å². The number of nitrogens with one attached hydrogen (secondary N) is 2. The first-order chi connectivity index (χ1) is 10.6. The third kappa shape index (κ3) is 2.80. The Hall–Kier alpha value is -2.77. The van der Waals surface area contributed by atoms with Crippen LogP contribution < -0.4 is 5.32 Å². The zero-order chi connectivity index (χ0) is 15.5. The van der Waals surface area contributed by atoms with Gasteiger partial charge in [0, 0.05) is 25.5 Å². The van der Waals surface area contributed by atoms with Crippen LogP contribution in [0.4, 0.5) is 0 Å². The van der Waals surface area contributed by atoms with Crippen LogP contribution in [0.5, 0.6) is 0 Å². The summed E-state index contributed by atoms with van der Waals surface area (Å²) in [6, 6.07) is 0. The average Bonchev–Trinajstić information content (AvgIpc) is 3.14. The highest BCUT2D eigenvalue weighted by Crippen LogP contribution is 2.09. The summed E-state index contributed by atoms with van der Waals surface area (Å²) in [5, 5.41) is 2.90. The van der Waals surface area contributed by atoms with Crippen LogP contribution in [-0.2, 0) is 6.54 Å². The summed E-state index contributed by atoms with van der Waals surface area (Å²) in [5.74, 6) is 1.01. The van der Waals surface area contributed by atoms with Crippen molar-refractivity contribution in [3.8, 4) is 0 Å². The van der Waals surface area contributed by atoms with Crippen molar-refractivity contribution in [2.24, 2.45) is 5.92 Å². The highest BCUT2D eigenvalue weighted by atomic mass is 16.1. The molecule has 0 saturated carbocycles. The monoisotopic (exact) mass is 299 g/mol. The number of hydrogen-bond donors (Lipinski definition) is 2. The number of aryl methyl sites for hydroxylation is 1. The highest BCUT2D eigenvalue weighted by molar-refractivity contribution is 6.01. The molecule has 8 nitrogen and oxygen atoms in total. The minimum atomic E-state index is -0.231. The van der Waals surface area contributed by atoms with Gasteiger partial charge in [-0.2, -0.15) is 0 Å². The normalized spacial score (nSPS) is 12.5. The van der Waals surface area contributed by atoms with E-state index < -0.39 is 0 Å². The first-order valence-corrected chi connectivity index (χ1v) is 7.05. The minimum Gasteiger partial charge on any atom is -0.350 e. The largest absolute Gasteiger partial charge is 0.350 e. The molecule has 22 heavy (non-hydrogen) atoms. The smallest absolute Gasteiger partial charge is 0.272 e. The Morgan fingerprint density at radius 2 is 2.23 bits per heavy atom. The van der Waals surface area contributed by atoms with E-state index in [1.165, 1.54) is 12.7 Å². The van der Waals surface area contributed by atoms with Gasteiger partial charge in [-0.1, -0.05) is 6.92 Å². The Labute approximate surface area is 127 Å². The number of nitrogens with zero attached hydrogens (tertiary/aromatic N) is 5. The van der Waals surface area contributed by atoms with Gasteiger partial charge in [-0.15, -0.1) is 0 Å². The summed E-state index contributed by atoms with van der Waals surface area (Å²) in [6.07, 6.45) is 6.56. The Morgan fingerprint density at radius 1 is 1.36 bits per heavy atom. The first kappa shape index (κ1) is 14.2. The van der Waals surface area contributed by atoms with E-state index in [-0.39, 0.29) is 11.8 Å². The fourth-order valence-corrected chi connectivity index (χ4v) is 2.28. The van der Waals surface area contributed by atoms with Crippen LogP contribution in [0.1, 0.15) is 23.2 Å². The standard InChI is InChI=1S/C14H17N7O/c1-9(6-21-4-3-15-10(21)2)5-16-14(22)12-11-13(19-7-17-11)20-8-18-12/h3-4,7-9H,5-6H2,1-2H3,(H,16,22)(H,17,18,19,20). The number of H-pyrrole nitrogens is 1. The molecule has 3 aromatic rings. The van der Waals surface area contributed by atoms with Gasteiger partial charge >= 0.3 is 0 Å². The third-order valence-corrected chi connectivity index (χ3v) is 3.48. The van der Waals surface area contributed by atoms with Crippen LogP contribution in [0, 0.1) is 12.8 Å². The number of hydrogen-bond acceptors (Lipinski definition) is 5. The van der Waals surface area contributed by atoms with Crippen molar-refractivity contribution in [1.29, 1.82) is 0 Å². The fraction of sp³-hybridized carbons (Fsp3) is 0.357. The van der Waals surface area contributed by atoms with Gasteiger partial charge in [0.05, 0.1) is 6.33 Å².